The zero-order valence-corrected chi connectivity index (χ0v) is 11.7. The van der Waals surface area contributed by atoms with Crippen LogP contribution in [0.15, 0.2) is 23.0 Å². The number of likely N-dealkylation sites (tertiary alicyclic amines) is 1. The molecule has 112 valence electrons. The number of piperidine rings is 1. The van der Waals surface area contributed by atoms with Crippen LogP contribution < -0.4 is 5.73 Å². The van der Waals surface area contributed by atoms with E-state index in [1.807, 2.05) is 0 Å². The first kappa shape index (κ1) is 14.1. The smallest absolute Gasteiger partial charge is 0.259 e. The van der Waals surface area contributed by atoms with E-state index in [1.165, 1.54) is 31.5 Å². The fourth-order valence-corrected chi connectivity index (χ4v) is 2.53. The normalized spacial score (nSPS) is 17.8. The van der Waals surface area contributed by atoms with Gasteiger partial charge in [0.2, 0.25) is 0 Å². The summed E-state index contributed by atoms with van der Waals surface area (Å²) < 4.78 is 18.3. The number of nitrogens with zero attached hydrogens (tertiary/aromatic N) is 4. The second-order valence-electron chi connectivity index (χ2n) is 5.32. The van der Waals surface area contributed by atoms with Gasteiger partial charge in [-0.1, -0.05) is 11.6 Å². The van der Waals surface area contributed by atoms with Crippen LogP contribution in [-0.4, -0.2) is 39.7 Å². The molecule has 0 bridgehead atoms. The summed E-state index contributed by atoms with van der Waals surface area (Å²) in [7, 11) is 0. The molecule has 21 heavy (non-hydrogen) atoms. The number of rotatable bonds is 4. The molecule has 2 aromatic rings. The Morgan fingerprint density at radius 3 is 2.86 bits per heavy atom. The van der Waals surface area contributed by atoms with Crippen molar-refractivity contribution in [3.05, 3.63) is 30.1 Å². The highest BCUT2D eigenvalue weighted by atomic mass is 19.1. The molecule has 0 spiro atoms. The van der Waals surface area contributed by atoms with Crippen molar-refractivity contribution >= 4 is 0 Å². The largest absolute Gasteiger partial charge is 0.334 e. The van der Waals surface area contributed by atoms with Crippen LogP contribution in [0.25, 0.3) is 11.5 Å². The highest BCUT2D eigenvalue weighted by Gasteiger charge is 2.20. The second kappa shape index (κ2) is 6.28. The second-order valence-corrected chi connectivity index (χ2v) is 5.32. The van der Waals surface area contributed by atoms with Gasteiger partial charge in [0.25, 0.3) is 5.89 Å². The van der Waals surface area contributed by atoms with Crippen molar-refractivity contribution < 1.29 is 8.91 Å². The van der Waals surface area contributed by atoms with Crippen molar-refractivity contribution in [3.63, 3.8) is 0 Å². The number of halogens is 1. The highest BCUT2D eigenvalue weighted by molar-refractivity contribution is 5.50. The predicted molar refractivity (Wildman–Crippen MR) is 74.7 cm³/mol. The molecule has 0 radical (unpaired) electrons. The molecule has 0 amide bonds. The van der Waals surface area contributed by atoms with Crippen molar-refractivity contribution in [2.24, 2.45) is 5.73 Å². The molecule has 2 N–H and O–H groups in total. The average molecular weight is 291 g/mol. The van der Waals surface area contributed by atoms with Crippen LogP contribution in [0.4, 0.5) is 4.39 Å². The fraction of sp³-hybridized carbons (Fsp3) is 0.500. The van der Waals surface area contributed by atoms with Crippen LogP contribution in [0.5, 0.6) is 0 Å². The van der Waals surface area contributed by atoms with Gasteiger partial charge in [-0.15, -0.1) is 0 Å². The summed E-state index contributed by atoms with van der Waals surface area (Å²) in [6.07, 6.45) is 6.31. The van der Waals surface area contributed by atoms with Crippen LogP contribution in [-0.2, 0) is 0 Å². The Hall–Kier alpha value is -1.86. The van der Waals surface area contributed by atoms with Crippen LogP contribution in [0, 0.1) is 5.82 Å². The molecule has 1 fully saturated rings. The minimum absolute atomic E-state index is 0.242. The zero-order valence-electron chi connectivity index (χ0n) is 11.7. The van der Waals surface area contributed by atoms with Crippen molar-refractivity contribution in [3.8, 4) is 11.5 Å². The van der Waals surface area contributed by atoms with E-state index in [-0.39, 0.29) is 11.9 Å². The molecule has 3 rings (SSSR count). The third kappa shape index (κ3) is 3.43. The first-order valence-corrected chi connectivity index (χ1v) is 7.15. The van der Waals surface area contributed by atoms with Crippen molar-refractivity contribution in [1.82, 2.24) is 20.0 Å². The Balaban J connectivity index is 1.69. The van der Waals surface area contributed by atoms with E-state index in [9.17, 15) is 4.39 Å². The molecular weight excluding hydrogens is 273 g/mol. The fourth-order valence-electron chi connectivity index (χ4n) is 2.53. The van der Waals surface area contributed by atoms with Crippen LogP contribution in [0.3, 0.4) is 0 Å². The van der Waals surface area contributed by atoms with Gasteiger partial charge in [-0.2, -0.15) is 4.98 Å². The van der Waals surface area contributed by atoms with Gasteiger partial charge < -0.3 is 15.2 Å². The Morgan fingerprint density at radius 1 is 1.29 bits per heavy atom. The minimum Gasteiger partial charge on any atom is -0.334 e. The third-order valence-electron chi connectivity index (χ3n) is 3.63. The molecule has 7 heteroatoms. The van der Waals surface area contributed by atoms with Gasteiger partial charge in [-0.25, -0.2) is 4.39 Å². The topological polar surface area (TPSA) is 81.1 Å². The van der Waals surface area contributed by atoms with Gasteiger partial charge in [0, 0.05) is 12.7 Å². The van der Waals surface area contributed by atoms with E-state index < -0.39 is 5.82 Å². The van der Waals surface area contributed by atoms with E-state index >= 15 is 0 Å². The summed E-state index contributed by atoms with van der Waals surface area (Å²) >= 11 is 0. The summed E-state index contributed by atoms with van der Waals surface area (Å²) in [5.74, 6) is 0.246. The molecule has 1 saturated heterocycles. The van der Waals surface area contributed by atoms with Gasteiger partial charge in [0.15, 0.2) is 5.82 Å². The monoisotopic (exact) mass is 291 g/mol. The van der Waals surface area contributed by atoms with Crippen molar-refractivity contribution in [1.29, 1.82) is 0 Å². The molecule has 1 aliphatic heterocycles. The molecule has 1 aliphatic rings. The molecule has 6 nitrogen and oxygen atoms in total. The summed E-state index contributed by atoms with van der Waals surface area (Å²) in [6.45, 7) is 2.83. The molecule has 0 saturated carbocycles. The number of aromatic nitrogens is 3. The lowest BCUT2D eigenvalue weighted by molar-refractivity contribution is 0.213. The summed E-state index contributed by atoms with van der Waals surface area (Å²) in [5.41, 5.74) is 6.59. The van der Waals surface area contributed by atoms with Gasteiger partial charge in [-0.05, 0) is 32.0 Å². The van der Waals surface area contributed by atoms with Gasteiger partial charge >= 0.3 is 0 Å². The lowest BCUT2D eigenvalue weighted by atomic mass is 10.1. The molecular formula is C14H18FN5O. The van der Waals surface area contributed by atoms with Gasteiger partial charge in [0.05, 0.1) is 17.8 Å². The number of nitrogens with two attached hydrogens (primary N) is 1. The van der Waals surface area contributed by atoms with Crippen molar-refractivity contribution in [2.45, 2.75) is 25.3 Å². The maximum absolute atomic E-state index is 13.1. The van der Waals surface area contributed by atoms with E-state index in [2.05, 4.69) is 20.0 Å². The summed E-state index contributed by atoms with van der Waals surface area (Å²) in [6, 6.07) is 1.00. The molecule has 1 atom stereocenters. The Kier molecular flexibility index (Phi) is 4.21. The SMILES string of the molecule is NC(CN1CCCCC1)c1noc(-c2cncc(F)c2)n1. The Bertz CT molecular complexity index is 597. The summed E-state index contributed by atoms with van der Waals surface area (Å²) in [4.78, 5) is 10.3. The third-order valence-corrected chi connectivity index (χ3v) is 3.63. The number of hydrogen-bond donors (Lipinski definition) is 1. The number of hydrogen-bond acceptors (Lipinski definition) is 6. The molecule has 0 aromatic carbocycles. The van der Waals surface area contributed by atoms with E-state index in [0.29, 0.717) is 17.9 Å². The van der Waals surface area contributed by atoms with E-state index in [4.69, 9.17) is 10.3 Å². The Morgan fingerprint density at radius 2 is 2.10 bits per heavy atom. The Labute approximate surface area is 122 Å². The van der Waals surface area contributed by atoms with Crippen LogP contribution >= 0.6 is 0 Å². The first-order valence-electron chi connectivity index (χ1n) is 7.15. The highest BCUT2D eigenvalue weighted by Crippen LogP contribution is 2.19. The minimum atomic E-state index is -0.440. The molecule has 2 aromatic heterocycles. The quantitative estimate of drug-likeness (QED) is 0.924. The maximum Gasteiger partial charge on any atom is 0.259 e. The number of pyridine rings is 1. The lowest BCUT2D eigenvalue weighted by Gasteiger charge is -2.27. The van der Waals surface area contributed by atoms with Crippen molar-refractivity contribution in [2.75, 3.05) is 19.6 Å². The van der Waals surface area contributed by atoms with Gasteiger partial charge in [-0.3, -0.25) is 4.98 Å². The molecule has 0 aliphatic carbocycles. The zero-order chi connectivity index (χ0) is 14.7. The molecule has 3 heterocycles. The average Bonchev–Trinajstić information content (AvgIpc) is 2.98. The lowest BCUT2D eigenvalue weighted by Crippen LogP contribution is -2.36. The molecule has 1 unspecified atom stereocenters. The first-order chi connectivity index (χ1) is 10.2. The maximum atomic E-state index is 13.1. The standard InChI is InChI=1S/C14H18FN5O/c15-11-6-10(7-17-8-11)14-18-13(19-21-14)12(16)9-20-4-2-1-3-5-20/h6-8,12H,1-5,9,16H2. The van der Waals surface area contributed by atoms with E-state index in [0.717, 1.165) is 19.3 Å². The summed E-state index contributed by atoms with van der Waals surface area (Å²) in [5, 5.41) is 3.90. The van der Waals surface area contributed by atoms with E-state index in [1.54, 1.807) is 0 Å². The predicted octanol–water partition coefficient (Wildman–Crippen LogP) is 1.76. The van der Waals surface area contributed by atoms with Crippen LogP contribution in [0.2, 0.25) is 0 Å². The van der Waals surface area contributed by atoms with Gasteiger partial charge in [0.1, 0.15) is 5.82 Å². The van der Waals surface area contributed by atoms with Crippen LogP contribution in [0.1, 0.15) is 31.1 Å².